The summed E-state index contributed by atoms with van der Waals surface area (Å²) in [4.78, 5) is 27.4. The normalized spacial score (nSPS) is 16.8. The minimum absolute atomic E-state index is 0.0118. The Morgan fingerprint density at radius 3 is 2.56 bits per heavy atom. The van der Waals surface area contributed by atoms with Crippen molar-refractivity contribution in [2.75, 3.05) is 33.9 Å². The van der Waals surface area contributed by atoms with Gasteiger partial charge in [0.25, 0.3) is 0 Å². The standard InChI is InChI=1S/C24H26ClNO6/c1-29-16-13-20(30-2)23-18(27)15-24(32-21(23)14-16)8-10-26(11-9-24)22(28)7-12-31-19-6-4-3-5-17(19)25/h3-6,13-14H,7-12,15H2,1-2H3. The fraction of sp³-hybridized carbons (Fsp3) is 0.417. The summed E-state index contributed by atoms with van der Waals surface area (Å²) in [6.07, 6.45) is 1.68. The number of ketones is 1. The van der Waals surface area contributed by atoms with Crippen molar-refractivity contribution in [1.29, 1.82) is 0 Å². The maximum Gasteiger partial charge on any atom is 0.226 e. The number of Topliss-reactive ketones (excluding diaryl/α,β-unsaturated/α-hetero) is 1. The Morgan fingerprint density at radius 1 is 1.12 bits per heavy atom. The molecule has 1 amide bonds. The van der Waals surface area contributed by atoms with Crippen LogP contribution in [0, 0.1) is 0 Å². The van der Waals surface area contributed by atoms with Crippen LogP contribution in [0.15, 0.2) is 36.4 Å². The number of rotatable bonds is 6. The van der Waals surface area contributed by atoms with E-state index in [-0.39, 0.29) is 31.1 Å². The fourth-order valence-corrected chi connectivity index (χ4v) is 4.45. The first-order chi connectivity index (χ1) is 15.4. The van der Waals surface area contributed by atoms with Crippen molar-refractivity contribution >= 4 is 23.3 Å². The first-order valence-electron chi connectivity index (χ1n) is 10.6. The molecule has 170 valence electrons. The second kappa shape index (κ2) is 9.28. The minimum atomic E-state index is -0.619. The van der Waals surface area contributed by atoms with Crippen molar-refractivity contribution in [1.82, 2.24) is 4.90 Å². The predicted molar refractivity (Wildman–Crippen MR) is 119 cm³/mol. The first-order valence-corrected chi connectivity index (χ1v) is 11.0. The first kappa shape index (κ1) is 22.3. The van der Waals surface area contributed by atoms with Gasteiger partial charge in [-0.1, -0.05) is 23.7 Å². The number of carbonyl (C=O) groups excluding carboxylic acids is 2. The van der Waals surface area contributed by atoms with Gasteiger partial charge in [0.1, 0.15) is 34.2 Å². The number of carbonyl (C=O) groups is 2. The molecular formula is C24H26ClNO6. The van der Waals surface area contributed by atoms with E-state index in [1.807, 2.05) is 12.1 Å². The average molecular weight is 460 g/mol. The molecule has 2 aliphatic rings. The Bertz CT molecular complexity index is 1020. The molecule has 1 saturated heterocycles. The molecule has 0 atom stereocenters. The van der Waals surface area contributed by atoms with Crippen LogP contribution < -0.4 is 18.9 Å². The Morgan fingerprint density at radius 2 is 1.88 bits per heavy atom. The van der Waals surface area contributed by atoms with Gasteiger partial charge in [-0.15, -0.1) is 0 Å². The van der Waals surface area contributed by atoms with E-state index in [1.165, 1.54) is 7.11 Å². The molecule has 2 aliphatic heterocycles. The van der Waals surface area contributed by atoms with Crippen LogP contribution in [0.2, 0.25) is 5.02 Å². The highest BCUT2D eigenvalue weighted by Gasteiger charge is 2.44. The quantitative estimate of drug-likeness (QED) is 0.646. The summed E-state index contributed by atoms with van der Waals surface area (Å²) in [5.74, 6) is 2.06. The fourth-order valence-electron chi connectivity index (χ4n) is 4.26. The highest BCUT2D eigenvalue weighted by molar-refractivity contribution is 6.32. The maximum absolute atomic E-state index is 12.9. The zero-order chi connectivity index (χ0) is 22.7. The second-order valence-corrected chi connectivity index (χ2v) is 8.40. The summed E-state index contributed by atoms with van der Waals surface area (Å²) in [5.41, 5.74) is -0.166. The van der Waals surface area contributed by atoms with Crippen LogP contribution in [0.4, 0.5) is 0 Å². The van der Waals surface area contributed by atoms with Gasteiger partial charge in [0.05, 0.1) is 38.7 Å². The second-order valence-electron chi connectivity index (χ2n) is 8.00. The monoisotopic (exact) mass is 459 g/mol. The van der Waals surface area contributed by atoms with Gasteiger partial charge in [0, 0.05) is 38.1 Å². The number of benzene rings is 2. The molecule has 2 aromatic rings. The number of hydrogen-bond donors (Lipinski definition) is 0. The maximum atomic E-state index is 12.9. The van der Waals surface area contributed by atoms with Gasteiger partial charge in [-0.05, 0) is 12.1 Å². The molecule has 0 aromatic heterocycles. The van der Waals surface area contributed by atoms with E-state index in [1.54, 1.807) is 36.3 Å². The lowest BCUT2D eigenvalue weighted by Crippen LogP contribution is -2.52. The van der Waals surface area contributed by atoms with Crippen LogP contribution in [0.5, 0.6) is 23.0 Å². The van der Waals surface area contributed by atoms with Gasteiger partial charge >= 0.3 is 0 Å². The minimum Gasteiger partial charge on any atom is -0.496 e. The van der Waals surface area contributed by atoms with E-state index in [2.05, 4.69) is 0 Å². The topological polar surface area (TPSA) is 74.3 Å². The SMILES string of the molecule is COc1cc(OC)c2c(c1)OC1(CCN(C(=O)CCOc3ccccc3Cl)CC1)CC2=O. The Kier molecular flexibility index (Phi) is 6.46. The predicted octanol–water partition coefficient (Wildman–Crippen LogP) is 4.15. The Hall–Kier alpha value is -2.93. The lowest BCUT2D eigenvalue weighted by atomic mass is 9.82. The summed E-state index contributed by atoms with van der Waals surface area (Å²) in [5, 5.41) is 0.521. The van der Waals surface area contributed by atoms with Crippen molar-refractivity contribution in [3.63, 3.8) is 0 Å². The van der Waals surface area contributed by atoms with Crippen LogP contribution in [0.3, 0.4) is 0 Å². The van der Waals surface area contributed by atoms with Crippen LogP contribution in [-0.4, -0.2) is 56.1 Å². The number of piperidine rings is 1. The number of ether oxygens (including phenoxy) is 4. The van der Waals surface area contributed by atoms with E-state index < -0.39 is 5.60 Å². The van der Waals surface area contributed by atoms with Crippen molar-refractivity contribution in [2.45, 2.75) is 31.3 Å². The lowest BCUT2D eigenvalue weighted by Gasteiger charge is -2.44. The highest BCUT2D eigenvalue weighted by atomic mass is 35.5. The molecule has 4 rings (SSSR count). The van der Waals surface area contributed by atoms with Crippen LogP contribution in [0.1, 0.15) is 36.0 Å². The summed E-state index contributed by atoms with van der Waals surface area (Å²) < 4.78 is 22.7. The summed E-state index contributed by atoms with van der Waals surface area (Å²) in [7, 11) is 3.08. The molecular weight excluding hydrogens is 434 g/mol. The van der Waals surface area contributed by atoms with E-state index in [0.717, 1.165) is 0 Å². The van der Waals surface area contributed by atoms with Gasteiger partial charge in [-0.3, -0.25) is 9.59 Å². The van der Waals surface area contributed by atoms with E-state index in [9.17, 15) is 9.59 Å². The number of hydrogen-bond acceptors (Lipinski definition) is 6. The molecule has 0 unspecified atom stereocenters. The molecule has 0 N–H and O–H groups in total. The smallest absolute Gasteiger partial charge is 0.226 e. The number of nitrogens with zero attached hydrogens (tertiary/aromatic N) is 1. The molecule has 2 aromatic carbocycles. The zero-order valence-electron chi connectivity index (χ0n) is 18.2. The third-order valence-corrected chi connectivity index (χ3v) is 6.33. The van der Waals surface area contributed by atoms with Crippen molar-refractivity contribution in [3.05, 3.63) is 47.0 Å². The third-order valence-electron chi connectivity index (χ3n) is 6.02. The molecule has 2 heterocycles. The number of likely N-dealkylation sites (tertiary alicyclic amines) is 1. The largest absolute Gasteiger partial charge is 0.496 e. The summed E-state index contributed by atoms with van der Waals surface area (Å²) in [6.45, 7) is 1.30. The Balaban J connectivity index is 1.36. The molecule has 1 fully saturated rings. The molecule has 0 radical (unpaired) electrons. The van der Waals surface area contributed by atoms with E-state index >= 15 is 0 Å². The third kappa shape index (κ3) is 4.48. The summed E-state index contributed by atoms with van der Waals surface area (Å²) in [6, 6.07) is 10.6. The molecule has 0 bridgehead atoms. The van der Waals surface area contributed by atoms with Crippen LogP contribution in [-0.2, 0) is 4.79 Å². The van der Waals surface area contributed by atoms with E-state index in [4.69, 9.17) is 30.5 Å². The van der Waals surface area contributed by atoms with Crippen molar-refractivity contribution < 1.29 is 28.5 Å². The van der Waals surface area contributed by atoms with E-state index in [0.29, 0.717) is 59.5 Å². The Labute approximate surface area is 192 Å². The van der Waals surface area contributed by atoms with Gasteiger partial charge in [0.15, 0.2) is 5.78 Å². The highest BCUT2D eigenvalue weighted by Crippen LogP contribution is 2.44. The number of fused-ring (bicyclic) bond motifs is 1. The van der Waals surface area contributed by atoms with Crippen molar-refractivity contribution in [3.8, 4) is 23.0 Å². The van der Waals surface area contributed by atoms with Gasteiger partial charge < -0.3 is 23.8 Å². The van der Waals surface area contributed by atoms with Gasteiger partial charge in [-0.2, -0.15) is 0 Å². The molecule has 8 heteroatoms. The molecule has 1 spiro atoms. The van der Waals surface area contributed by atoms with Gasteiger partial charge in [0.2, 0.25) is 5.91 Å². The number of amides is 1. The van der Waals surface area contributed by atoms with Gasteiger partial charge in [-0.25, -0.2) is 0 Å². The molecule has 32 heavy (non-hydrogen) atoms. The molecule has 7 nitrogen and oxygen atoms in total. The molecule has 0 saturated carbocycles. The number of methoxy groups -OCH3 is 2. The lowest BCUT2D eigenvalue weighted by molar-refractivity contribution is -0.135. The summed E-state index contributed by atoms with van der Waals surface area (Å²) >= 11 is 6.08. The molecule has 0 aliphatic carbocycles. The van der Waals surface area contributed by atoms with Crippen LogP contribution in [0.25, 0.3) is 0 Å². The number of halogens is 1. The van der Waals surface area contributed by atoms with Crippen molar-refractivity contribution in [2.24, 2.45) is 0 Å². The number of para-hydroxylation sites is 1. The zero-order valence-corrected chi connectivity index (χ0v) is 18.9. The van der Waals surface area contributed by atoms with Crippen LogP contribution >= 0.6 is 11.6 Å². The average Bonchev–Trinajstić information content (AvgIpc) is 2.79.